The lowest BCUT2D eigenvalue weighted by Gasteiger charge is -2.10. The van der Waals surface area contributed by atoms with Gasteiger partial charge in [0.2, 0.25) is 0 Å². The van der Waals surface area contributed by atoms with Crippen molar-refractivity contribution in [1.82, 2.24) is 10.9 Å². The summed E-state index contributed by atoms with van der Waals surface area (Å²) in [5.74, 6) is -1.59. The van der Waals surface area contributed by atoms with E-state index in [0.29, 0.717) is 10.7 Å². The van der Waals surface area contributed by atoms with Crippen LogP contribution in [0.15, 0.2) is 66.7 Å². The Kier molecular flexibility index (Phi) is 6.95. The molecule has 0 aliphatic rings. The fourth-order valence-corrected chi connectivity index (χ4v) is 3.22. The van der Waals surface area contributed by atoms with Crippen molar-refractivity contribution in [2.24, 2.45) is 0 Å². The van der Waals surface area contributed by atoms with Gasteiger partial charge in [-0.3, -0.25) is 25.2 Å². The molecule has 9 heteroatoms. The molecule has 0 aliphatic heterocycles. The highest BCUT2D eigenvalue weighted by Gasteiger charge is 2.14. The zero-order valence-corrected chi connectivity index (χ0v) is 17.5. The molecule has 0 saturated heterocycles. The molecule has 0 spiro atoms. The van der Waals surface area contributed by atoms with Crippen molar-refractivity contribution in [3.8, 4) is 0 Å². The van der Waals surface area contributed by atoms with Gasteiger partial charge in [-0.15, -0.1) is 0 Å². The van der Waals surface area contributed by atoms with Crippen molar-refractivity contribution in [3.05, 3.63) is 98.5 Å². The summed E-state index contributed by atoms with van der Waals surface area (Å²) in [4.78, 5) is 36.9. The van der Waals surface area contributed by atoms with Crippen molar-refractivity contribution < 1.29 is 14.4 Å². The van der Waals surface area contributed by atoms with Gasteiger partial charge >= 0.3 is 0 Å². The minimum atomic E-state index is -0.573. The maximum Gasteiger partial charge on any atom is 0.271 e. The Balaban J connectivity index is 1.66. The summed E-state index contributed by atoms with van der Waals surface area (Å²) in [5, 5.41) is 3.54. The van der Waals surface area contributed by atoms with E-state index in [2.05, 4.69) is 16.2 Å². The summed E-state index contributed by atoms with van der Waals surface area (Å²) in [6, 6.07) is 17.1. The zero-order valence-electron chi connectivity index (χ0n) is 15.2. The summed E-state index contributed by atoms with van der Waals surface area (Å²) in [6.07, 6.45) is 0. The molecule has 30 heavy (non-hydrogen) atoms. The molecule has 3 N–H and O–H groups in total. The molecule has 0 bridgehead atoms. The minimum Gasteiger partial charge on any atom is -0.322 e. The van der Waals surface area contributed by atoms with Crippen LogP contribution >= 0.6 is 34.8 Å². The van der Waals surface area contributed by atoms with E-state index in [0.717, 1.165) is 0 Å². The fourth-order valence-electron chi connectivity index (χ4n) is 2.51. The van der Waals surface area contributed by atoms with Gasteiger partial charge in [-0.2, -0.15) is 0 Å². The Morgan fingerprint density at radius 2 is 1.33 bits per heavy atom. The summed E-state index contributed by atoms with van der Waals surface area (Å²) >= 11 is 17.8. The van der Waals surface area contributed by atoms with Crippen LogP contribution in [0.3, 0.4) is 0 Å². The molecule has 0 atom stereocenters. The average Bonchev–Trinajstić information content (AvgIpc) is 2.72. The Bertz CT molecular complexity index is 1140. The maximum atomic E-state index is 12.4. The predicted molar refractivity (Wildman–Crippen MR) is 117 cm³/mol. The Morgan fingerprint density at radius 3 is 2.07 bits per heavy atom. The molecule has 3 aromatic rings. The van der Waals surface area contributed by atoms with Gasteiger partial charge in [0.05, 0.1) is 21.2 Å². The van der Waals surface area contributed by atoms with Crippen LogP contribution in [0.1, 0.15) is 31.1 Å². The molecule has 3 rings (SSSR count). The number of hydrazine groups is 1. The number of hydrogen-bond donors (Lipinski definition) is 3. The molecule has 0 saturated carbocycles. The van der Waals surface area contributed by atoms with Gasteiger partial charge in [-0.1, -0.05) is 53.0 Å². The normalized spacial score (nSPS) is 10.2. The second-order valence-electron chi connectivity index (χ2n) is 6.05. The lowest BCUT2D eigenvalue weighted by Crippen LogP contribution is -2.41. The number of nitrogens with one attached hydrogen (secondary N) is 3. The Labute approximate surface area is 187 Å². The van der Waals surface area contributed by atoms with E-state index in [-0.39, 0.29) is 26.7 Å². The van der Waals surface area contributed by atoms with E-state index in [1.165, 1.54) is 30.3 Å². The Morgan fingerprint density at radius 1 is 0.633 bits per heavy atom. The third-order valence-electron chi connectivity index (χ3n) is 3.97. The summed E-state index contributed by atoms with van der Waals surface area (Å²) in [7, 11) is 0. The minimum absolute atomic E-state index is 0.205. The average molecular weight is 463 g/mol. The number of anilines is 1. The monoisotopic (exact) mass is 461 g/mol. The van der Waals surface area contributed by atoms with Crippen molar-refractivity contribution in [3.63, 3.8) is 0 Å². The van der Waals surface area contributed by atoms with Crippen LogP contribution in [0.5, 0.6) is 0 Å². The number of hydrogen-bond acceptors (Lipinski definition) is 3. The number of halogens is 3. The molecule has 0 fully saturated rings. The molecule has 0 unspecified atom stereocenters. The molecule has 3 aromatic carbocycles. The van der Waals surface area contributed by atoms with Gasteiger partial charge in [0, 0.05) is 16.3 Å². The van der Waals surface area contributed by atoms with Crippen molar-refractivity contribution in [1.29, 1.82) is 0 Å². The first kappa shape index (κ1) is 21.6. The van der Waals surface area contributed by atoms with E-state index in [1.807, 2.05) is 0 Å². The number of carbonyl (C=O) groups excluding carboxylic acids is 3. The summed E-state index contributed by atoms with van der Waals surface area (Å²) < 4.78 is 0. The number of amides is 3. The number of carbonyl (C=O) groups is 3. The quantitative estimate of drug-likeness (QED) is 0.478. The molecule has 0 aromatic heterocycles. The van der Waals surface area contributed by atoms with Crippen LogP contribution < -0.4 is 16.2 Å². The third-order valence-corrected chi connectivity index (χ3v) is 4.84. The molecule has 0 aliphatic carbocycles. The van der Waals surface area contributed by atoms with E-state index in [4.69, 9.17) is 34.8 Å². The molecule has 0 radical (unpaired) electrons. The van der Waals surface area contributed by atoms with Crippen LogP contribution in [0.2, 0.25) is 15.1 Å². The largest absolute Gasteiger partial charge is 0.322 e. The van der Waals surface area contributed by atoms with Crippen LogP contribution in [-0.4, -0.2) is 17.7 Å². The first-order valence-electron chi connectivity index (χ1n) is 8.57. The first-order chi connectivity index (χ1) is 14.3. The molecule has 6 nitrogen and oxygen atoms in total. The molecular formula is C21H14Cl3N3O3. The molecule has 0 heterocycles. The molecular weight excluding hydrogens is 449 g/mol. The first-order valence-corrected chi connectivity index (χ1v) is 9.70. The SMILES string of the molecule is O=C(NNC(=O)c1ccccc1Cl)c1cccc(NC(=O)c2ccc(Cl)cc2Cl)c1. The highest BCUT2D eigenvalue weighted by molar-refractivity contribution is 6.37. The van der Waals surface area contributed by atoms with E-state index in [9.17, 15) is 14.4 Å². The van der Waals surface area contributed by atoms with Crippen molar-refractivity contribution >= 4 is 58.2 Å². The van der Waals surface area contributed by atoms with Crippen molar-refractivity contribution in [2.75, 3.05) is 5.32 Å². The smallest absolute Gasteiger partial charge is 0.271 e. The summed E-state index contributed by atoms with van der Waals surface area (Å²) in [6.45, 7) is 0. The number of benzene rings is 3. The standard InChI is InChI=1S/C21H14Cl3N3O3/c22-13-8-9-16(18(24)11-13)20(29)25-14-5-3-4-12(10-14)19(28)26-27-21(30)15-6-1-2-7-17(15)23/h1-11H,(H,25,29)(H,26,28)(H,27,30). The van der Waals surface area contributed by atoms with Gasteiger partial charge in [-0.25, -0.2) is 0 Å². The van der Waals surface area contributed by atoms with Gasteiger partial charge in [0.1, 0.15) is 0 Å². The van der Waals surface area contributed by atoms with E-state index < -0.39 is 17.7 Å². The van der Waals surface area contributed by atoms with Crippen LogP contribution in [0, 0.1) is 0 Å². The molecule has 152 valence electrons. The second-order valence-corrected chi connectivity index (χ2v) is 7.30. The lowest BCUT2D eigenvalue weighted by molar-refractivity contribution is 0.0847. The topological polar surface area (TPSA) is 87.3 Å². The van der Waals surface area contributed by atoms with Gasteiger partial charge in [0.25, 0.3) is 17.7 Å². The fraction of sp³-hybridized carbons (Fsp3) is 0. The van der Waals surface area contributed by atoms with Crippen LogP contribution in [-0.2, 0) is 0 Å². The Hall–Kier alpha value is -3.06. The zero-order chi connectivity index (χ0) is 21.7. The summed E-state index contributed by atoms with van der Waals surface area (Å²) in [5.41, 5.74) is 5.65. The highest BCUT2D eigenvalue weighted by Crippen LogP contribution is 2.22. The number of rotatable bonds is 4. The van der Waals surface area contributed by atoms with E-state index in [1.54, 1.807) is 36.4 Å². The van der Waals surface area contributed by atoms with Gasteiger partial charge in [-0.05, 0) is 48.5 Å². The van der Waals surface area contributed by atoms with Gasteiger partial charge in [0.15, 0.2) is 0 Å². The van der Waals surface area contributed by atoms with Crippen LogP contribution in [0.4, 0.5) is 5.69 Å². The second kappa shape index (κ2) is 9.63. The highest BCUT2D eigenvalue weighted by atomic mass is 35.5. The molecule has 3 amide bonds. The van der Waals surface area contributed by atoms with E-state index >= 15 is 0 Å². The van der Waals surface area contributed by atoms with Gasteiger partial charge < -0.3 is 5.32 Å². The maximum absolute atomic E-state index is 12.4. The van der Waals surface area contributed by atoms with Crippen molar-refractivity contribution in [2.45, 2.75) is 0 Å². The third kappa shape index (κ3) is 5.30. The lowest BCUT2D eigenvalue weighted by atomic mass is 10.1. The van der Waals surface area contributed by atoms with Crippen LogP contribution in [0.25, 0.3) is 0 Å². The predicted octanol–water partition coefficient (Wildman–Crippen LogP) is 4.97.